The maximum Gasteiger partial charge on any atom is 0.312 e. The van der Waals surface area contributed by atoms with E-state index in [1.807, 2.05) is 0 Å². The fourth-order valence-corrected chi connectivity index (χ4v) is 2.22. The van der Waals surface area contributed by atoms with Crippen molar-refractivity contribution in [2.24, 2.45) is 5.92 Å². The van der Waals surface area contributed by atoms with Crippen molar-refractivity contribution in [2.45, 2.75) is 33.2 Å². The van der Waals surface area contributed by atoms with Gasteiger partial charge in [0, 0.05) is 12.2 Å². The first kappa shape index (κ1) is 14.2. The van der Waals surface area contributed by atoms with E-state index in [2.05, 4.69) is 36.1 Å². The summed E-state index contributed by atoms with van der Waals surface area (Å²) in [5.74, 6) is 0.367. The van der Waals surface area contributed by atoms with Crippen LogP contribution in [-0.2, 0) is 0 Å². The van der Waals surface area contributed by atoms with Gasteiger partial charge in [0.2, 0.25) is 0 Å². The predicted molar refractivity (Wildman–Crippen MR) is 78.7 cm³/mol. The lowest BCUT2D eigenvalue weighted by Crippen LogP contribution is -2.25. The zero-order chi connectivity index (χ0) is 14.7. The number of nitrogens with zero attached hydrogens (tertiary/aromatic N) is 3. The highest BCUT2D eigenvalue weighted by Crippen LogP contribution is 2.31. The van der Waals surface area contributed by atoms with E-state index in [0.29, 0.717) is 22.6 Å². The molecule has 2 aromatic rings. The Hall–Kier alpha value is -2.24. The fraction of sp³-hybridized carbons (Fsp3) is 0.429. The van der Waals surface area contributed by atoms with E-state index in [4.69, 9.17) is 0 Å². The first-order valence-electron chi connectivity index (χ1n) is 6.69. The molecular weight excluding hydrogens is 256 g/mol. The molecule has 0 amide bonds. The van der Waals surface area contributed by atoms with Gasteiger partial charge in [0.05, 0.1) is 10.4 Å². The summed E-state index contributed by atoms with van der Waals surface area (Å²) >= 11 is 0. The molecule has 0 bridgehead atoms. The van der Waals surface area contributed by atoms with Gasteiger partial charge in [-0.15, -0.1) is 0 Å². The highest BCUT2D eigenvalue weighted by atomic mass is 16.6. The molecular formula is C14H18N4O2. The highest BCUT2D eigenvalue weighted by Gasteiger charge is 2.22. The molecule has 0 saturated heterocycles. The number of rotatable bonds is 5. The summed E-state index contributed by atoms with van der Waals surface area (Å²) in [5, 5.41) is 14.5. The minimum absolute atomic E-state index is 0.0321. The van der Waals surface area contributed by atoms with Gasteiger partial charge in [-0.1, -0.05) is 20.8 Å². The van der Waals surface area contributed by atoms with Gasteiger partial charge in [0.25, 0.3) is 0 Å². The van der Waals surface area contributed by atoms with Gasteiger partial charge < -0.3 is 5.32 Å². The quantitative estimate of drug-likeness (QED) is 0.667. The van der Waals surface area contributed by atoms with Crippen LogP contribution in [0.5, 0.6) is 0 Å². The van der Waals surface area contributed by atoms with E-state index in [1.54, 1.807) is 18.3 Å². The van der Waals surface area contributed by atoms with Crippen molar-refractivity contribution >= 4 is 22.4 Å². The molecule has 2 heterocycles. The summed E-state index contributed by atoms with van der Waals surface area (Å²) in [6.07, 6.45) is 3.79. The molecule has 20 heavy (non-hydrogen) atoms. The number of nitrogens with one attached hydrogen (secondary N) is 1. The first-order chi connectivity index (χ1) is 9.54. The summed E-state index contributed by atoms with van der Waals surface area (Å²) in [4.78, 5) is 19.1. The molecule has 6 nitrogen and oxygen atoms in total. The molecule has 0 aliphatic carbocycles. The summed E-state index contributed by atoms with van der Waals surface area (Å²) in [6, 6.07) is 3.72. The van der Waals surface area contributed by atoms with Gasteiger partial charge in [-0.3, -0.25) is 15.1 Å². The topological polar surface area (TPSA) is 81.0 Å². The molecule has 1 unspecified atom stereocenters. The van der Waals surface area contributed by atoms with Gasteiger partial charge in [-0.05, 0) is 24.5 Å². The lowest BCUT2D eigenvalue weighted by Gasteiger charge is -2.22. The number of anilines is 1. The molecule has 0 fully saturated rings. The van der Waals surface area contributed by atoms with Crippen molar-refractivity contribution in [1.82, 2.24) is 9.97 Å². The molecule has 106 valence electrons. The molecule has 0 saturated carbocycles. The van der Waals surface area contributed by atoms with Crippen molar-refractivity contribution in [3.8, 4) is 0 Å². The minimum atomic E-state index is -0.420. The van der Waals surface area contributed by atoms with E-state index in [0.717, 1.165) is 6.42 Å². The van der Waals surface area contributed by atoms with Crippen LogP contribution in [0.15, 0.2) is 24.5 Å². The maximum absolute atomic E-state index is 11.2. The molecule has 6 heteroatoms. The number of fused-ring (bicyclic) bond motifs is 1. The Morgan fingerprint density at radius 3 is 2.75 bits per heavy atom. The summed E-state index contributed by atoms with van der Waals surface area (Å²) in [6.45, 7) is 6.23. The van der Waals surface area contributed by atoms with Gasteiger partial charge >= 0.3 is 5.69 Å². The third-order valence-corrected chi connectivity index (χ3v) is 3.38. The third kappa shape index (κ3) is 2.68. The van der Waals surface area contributed by atoms with E-state index >= 15 is 0 Å². The minimum Gasteiger partial charge on any atom is -0.375 e. The lowest BCUT2D eigenvalue weighted by atomic mass is 10.0. The SMILES string of the molecule is CCC(Nc1c([N+](=O)[O-])cnc2cccnc12)C(C)C. The van der Waals surface area contributed by atoms with Crippen LogP contribution >= 0.6 is 0 Å². The average molecular weight is 274 g/mol. The van der Waals surface area contributed by atoms with Crippen LogP contribution in [0.1, 0.15) is 27.2 Å². The van der Waals surface area contributed by atoms with Crippen molar-refractivity contribution in [1.29, 1.82) is 0 Å². The Bertz CT molecular complexity index is 628. The third-order valence-electron chi connectivity index (χ3n) is 3.38. The second kappa shape index (κ2) is 5.81. The Labute approximate surface area is 117 Å². The Kier molecular flexibility index (Phi) is 4.12. The molecule has 0 spiro atoms. The second-order valence-corrected chi connectivity index (χ2v) is 5.05. The van der Waals surface area contributed by atoms with Gasteiger partial charge in [0.15, 0.2) is 0 Å². The van der Waals surface area contributed by atoms with Crippen molar-refractivity contribution in [2.75, 3.05) is 5.32 Å². The number of hydrogen-bond donors (Lipinski definition) is 1. The molecule has 1 atom stereocenters. The van der Waals surface area contributed by atoms with E-state index in [1.165, 1.54) is 6.20 Å². The zero-order valence-corrected chi connectivity index (χ0v) is 11.8. The molecule has 0 aliphatic heterocycles. The van der Waals surface area contributed by atoms with Crippen LogP contribution in [-0.4, -0.2) is 20.9 Å². The normalized spacial score (nSPS) is 12.6. The maximum atomic E-state index is 11.2. The number of nitro groups is 1. The Morgan fingerprint density at radius 1 is 1.40 bits per heavy atom. The van der Waals surface area contributed by atoms with Crippen molar-refractivity contribution in [3.63, 3.8) is 0 Å². The van der Waals surface area contributed by atoms with Crippen LogP contribution in [0.2, 0.25) is 0 Å². The summed E-state index contributed by atoms with van der Waals surface area (Å²) in [5.41, 5.74) is 1.62. The molecule has 1 N–H and O–H groups in total. The lowest BCUT2D eigenvalue weighted by molar-refractivity contribution is -0.384. The van der Waals surface area contributed by atoms with E-state index < -0.39 is 4.92 Å². The summed E-state index contributed by atoms with van der Waals surface area (Å²) in [7, 11) is 0. The number of pyridine rings is 2. The molecule has 0 aliphatic rings. The largest absolute Gasteiger partial charge is 0.375 e. The predicted octanol–water partition coefficient (Wildman–Crippen LogP) is 3.38. The number of aromatic nitrogens is 2. The van der Waals surface area contributed by atoms with Gasteiger partial charge in [0.1, 0.15) is 17.4 Å². The van der Waals surface area contributed by atoms with E-state index in [-0.39, 0.29) is 11.7 Å². The number of hydrogen-bond acceptors (Lipinski definition) is 5. The van der Waals surface area contributed by atoms with E-state index in [9.17, 15) is 10.1 Å². The van der Waals surface area contributed by atoms with Crippen molar-refractivity contribution in [3.05, 3.63) is 34.6 Å². The molecule has 2 aromatic heterocycles. The molecule has 2 rings (SSSR count). The van der Waals surface area contributed by atoms with Gasteiger partial charge in [-0.2, -0.15) is 0 Å². The van der Waals surface area contributed by atoms with Crippen LogP contribution in [0.25, 0.3) is 11.0 Å². The van der Waals surface area contributed by atoms with Crippen molar-refractivity contribution < 1.29 is 4.92 Å². The highest BCUT2D eigenvalue weighted by molar-refractivity contribution is 5.92. The molecule has 0 aromatic carbocycles. The molecule has 0 radical (unpaired) electrons. The fourth-order valence-electron chi connectivity index (χ4n) is 2.22. The van der Waals surface area contributed by atoms with Crippen LogP contribution in [0.4, 0.5) is 11.4 Å². The average Bonchev–Trinajstić information content (AvgIpc) is 2.43. The zero-order valence-electron chi connectivity index (χ0n) is 11.8. The van der Waals surface area contributed by atoms with Gasteiger partial charge in [-0.25, -0.2) is 4.98 Å². The van der Waals surface area contributed by atoms with Crippen LogP contribution < -0.4 is 5.32 Å². The monoisotopic (exact) mass is 274 g/mol. The summed E-state index contributed by atoms with van der Waals surface area (Å²) < 4.78 is 0. The van der Waals surface area contributed by atoms with Crippen LogP contribution in [0.3, 0.4) is 0 Å². The van der Waals surface area contributed by atoms with Crippen LogP contribution in [0, 0.1) is 16.0 Å². The Balaban J connectivity index is 2.57. The first-order valence-corrected chi connectivity index (χ1v) is 6.69. The standard InChI is InChI=1S/C14H18N4O2/c1-4-10(9(2)3)17-14-12(18(19)20)8-16-11-6-5-7-15-13(11)14/h5-10H,4H2,1-3H3,(H,16,17). The smallest absolute Gasteiger partial charge is 0.312 e. The second-order valence-electron chi connectivity index (χ2n) is 5.05. The Morgan fingerprint density at radius 2 is 2.15 bits per heavy atom.